The van der Waals surface area contributed by atoms with Crippen LogP contribution >= 0.6 is 11.6 Å². The molecule has 1 aliphatic rings. The SMILES string of the molecule is COc1ccc(C2CC(c3ccccc3)=NN2C(=O)COc2ccc(F)cc2Cl)cc1. The van der Waals surface area contributed by atoms with Gasteiger partial charge < -0.3 is 9.47 Å². The zero-order valence-electron chi connectivity index (χ0n) is 16.8. The molecule has 0 fully saturated rings. The van der Waals surface area contributed by atoms with Crippen LogP contribution in [-0.2, 0) is 4.79 Å². The van der Waals surface area contributed by atoms with Gasteiger partial charge in [0.05, 0.1) is 23.9 Å². The first kappa shape index (κ1) is 20.9. The van der Waals surface area contributed by atoms with Gasteiger partial charge in [0.2, 0.25) is 0 Å². The molecule has 1 atom stereocenters. The molecular weight excluding hydrogens is 419 g/mol. The molecule has 0 spiro atoms. The third-order valence-corrected chi connectivity index (χ3v) is 5.31. The van der Waals surface area contributed by atoms with Crippen molar-refractivity contribution in [2.24, 2.45) is 5.10 Å². The van der Waals surface area contributed by atoms with Crippen molar-refractivity contribution in [3.05, 3.63) is 94.8 Å². The van der Waals surface area contributed by atoms with E-state index in [1.807, 2.05) is 54.6 Å². The predicted molar refractivity (Wildman–Crippen MR) is 117 cm³/mol. The molecule has 0 bridgehead atoms. The molecule has 1 unspecified atom stereocenters. The molecule has 0 saturated heterocycles. The zero-order valence-corrected chi connectivity index (χ0v) is 17.6. The lowest BCUT2D eigenvalue weighted by molar-refractivity contribution is -0.135. The molecule has 4 rings (SSSR count). The minimum Gasteiger partial charge on any atom is -0.497 e. The molecule has 0 aromatic heterocycles. The van der Waals surface area contributed by atoms with Crippen LogP contribution in [-0.4, -0.2) is 30.3 Å². The molecule has 7 heteroatoms. The number of amides is 1. The summed E-state index contributed by atoms with van der Waals surface area (Å²) in [6.45, 7) is -0.274. The maximum atomic E-state index is 13.2. The van der Waals surface area contributed by atoms with E-state index < -0.39 is 5.82 Å². The highest BCUT2D eigenvalue weighted by Gasteiger charge is 2.33. The lowest BCUT2D eigenvalue weighted by Crippen LogP contribution is -2.31. The fourth-order valence-electron chi connectivity index (χ4n) is 3.43. The molecule has 1 heterocycles. The summed E-state index contributed by atoms with van der Waals surface area (Å²) in [7, 11) is 1.61. The second-order valence-electron chi connectivity index (χ2n) is 7.01. The van der Waals surface area contributed by atoms with E-state index in [0.29, 0.717) is 6.42 Å². The topological polar surface area (TPSA) is 51.1 Å². The summed E-state index contributed by atoms with van der Waals surface area (Å²) in [6, 6.07) is 20.8. The van der Waals surface area contributed by atoms with Crippen LogP contribution in [0, 0.1) is 5.82 Å². The molecule has 158 valence electrons. The van der Waals surface area contributed by atoms with Gasteiger partial charge in [0.15, 0.2) is 6.61 Å². The maximum Gasteiger partial charge on any atom is 0.281 e. The second kappa shape index (κ2) is 9.18. The fourth-order valence-corrected chi connectivity index (χ4v) is 3.65. The maximum absolute atomic E-state index is 13.2. The van der Waals surface area contributed by atoms with E-state index in [4.69, 9.17) is 21.1 Å². The molecule has 0 saturated carbocycles. The van der Waals surface area contributed by atoms with Crippen LogP contribution in [0.15, 0.2) is 77.9 Å². The fraction of sp³-hybridized carbons (Fsp3) is 0.167. The quantitative estimate of drug-likeness (QED) is 0.528. The Labute approximate surface area is 184 Å². The third kappa shape index (κ3) is 4.70. The zero-order chi connectivity index (χ0) is 21.8. The van der Waals surface area contributed by atoms with Crippen molar-refractivity contribution in [3.8, 4) is 11.5 Å². The van der Waals surface area contributed by atoms with Crippen molar-refractivity contribution in [3.63, 3.8) is 0 Å². The Bertz CT molecular complexity index is 1100. The predicted octanol–water partition coefficient (Wildman–Crippen LogP) is 5.24. The number of hydrogen-bond donors (Lipinski definition) is 0. The van der Waals surface area contributed by atoms with Crippen molar-refractivity contribution in [2.75, 3.05) is 13.7 Å². The number of methoxy groups -OCH3 is 1. The number of benzene rings is 3. The van der Waals surface area contributed by atoms with E-state index in [2.05, 4.69) is 5.10 Å². The Hall–Kier alpha value is -3.38. The van der Waals surface area contributed by atoms with Crippen LogP contribution in [0.2, 0.25) is 5.02 Å². The number of hydrazone groups is 1. The van der Waals surface area contributed by atoms with Crippen LogP contribution in [0.3, 0.4) is 0 Å². The molecule has 3 aromatic rings. The van der Waals surface area contributed by atoms with E-state index in [1.165, 1.54) is 17.1 Å². The molecule has 5 nitrogen and oxygen atoms in total. The Morgan fingerprint density at radius 3 is 2.55 bits per heavy atom. The highest BCUT2D eigenvalue weighted by Crippen LogP contribution is 2.34. The van der Waals surface area contributed by atoms with Gasteiger partial charge in [-0.25, -0.2) is 9.40 Å². The van der Waals surface area contributed by atoms with Gasteiger partial charge >= 0.3 is 0 Å². The van der Waals surface area contributed by atoms with Crippen LogP contribution in [0.5, 0.6) is 11.5 Å². The Morgan fingerprint density at radius 1 is 1.13 bits per heavy atom. The molecule has 31 heavy (non-hydrogen) atoms. The molecule has 0 N–H and O–H groups in total. The van der Waals surface area contributed by atoms with Crippen LogP contribution in [0.25, 0.3) is 0 Å². The summed E-state index contributed by atoms with van der Waals surface area (Å²) in [5.74, 6) is 0.175. The molecule has 3 aromatic carbocycles. The summed E-state index contributed by atoms with van der Waals surface area (Å²) in [6.07, 6.45) is 0.569. The number of nitrogens with zero attached hydrogens (tertiary/aromatic N) is 2. The van der Waals surface area contributed by atoms with E-state index >= 15 is 0 Å². The molecular formula is C24H20ClFN2O3. The minimum atomic E-state index is -0.472. The van der Waals surface area contributed by atoms with Crippen molar-refractivity contribution in [1.82, 2.24) is 5.01 Å². The van der Waals surface area contributed by atoms with E-state index in [0.717, 1.165) is 28.7 Å². The van der Waals surface area contributed by atoms with Gasteiger partial charge in [-0.1, -0.05) is 54.1 Å². The lowest BCUT2D eigenvalue weighted by Gasteiger charge is -2.22. The number of hydrogen-bond acceptors (Lipinski definition) is 4. The van der Waals surface area contributed by atoms with E-state index in [-0.39, 0.29) is 29.3 Å². The Balaban J connectivity index is 1.57. The van der Waals surface area contributed by atoms with Crippen LogP contribution in [0.4, 0.5) is 4.39 Å². The van der Waals surface area contributed by atoms with Crippen LogP contribution in [0.1, 0.15) is 23.6 Å². The Kier molecular flexibility index (Phi) is 6.18. The largest absolute Gasteiger partial charge is 0.497 e. The number of rotatable bonds is 6. The summed E-state index contributed by atoms with van der Waals surface area (Å²) < 4.78 is 24.0. The average Bonchev–Trinajstić information content (AvgIpc) is 3.25. The molecule has 0 aliphatic carbocycles. The number of carbonyl (C=O) groups is 1. The number of halogens is 2. The molecule has 0 radical (unpaired) electrons. The van der Waals surface area contributed by atoms with Crippen molar-refractivity contribution in [1.29, 1.82) is 0 Å². The second-order valence-corrected chi connectivity index (χ2v) is 7.41. The van der Waals surface area contributed by atoms with Gasteiger partial charge in [0.25, 0.3) is 5.91 Å². The van der Waals surface area contributed by atoms with Gasteiger partial charge in [-0.05, 0) is 41.5 Å². The van der Waals surface area contributed by atoms with Crippen LogP contribution < -0.4 is 9.47 Å². The standard InChI is InChI=1S/C24H20ClFN2O3/c1-30-19-10-7-17(8-11-19)22-14-21(16-5-3-2-4-6-16)27-28(22)24(29)15-31-23-12-9-18(26)13-20(23)25/h2-13,22H,14-15H2,1H3. The van der Waals surface area contributed by atoms with Gasteiger partial charge in [-0.15, -0.1) is 0 Å². The Morgan fingerprint density at radius 2 is 1.87 bits per heavy atom. The summed E-state index contributed by atoms with van der Waals surface area (Å²) >= 11 is 6.00. The third-order valence-electron chi connectivity index (χ3n) is 5.02. The first-order chi connectivity index (χ1) is 15.0. The first-order valence-electron chi connectivity index (χ1n) is 9.72. The number of ether oxygens (including phenoxy) is 2. The van der Waals surface area contributed by atoms with Crippen molar-refractivity contribution in [2.45, 2.75) is 12.5 Å². The van der Waals surface area contributed by atoms with Crippen molar-refractivity contribution < 1.29 is 18.7 Å². The lowest BCUT2D eigenvalue weighted by atomic mass is 9.98. The summed E-state index contributed by atoms with van der Waals surface area (Å²) in [4.78, 5) is 13.0. The average molecular weight is 439 g/mol. The monoisotopic (exact) mass is 438 g/mol. The van der Waals surface area contributed by atoms with Gasteiger partial charge in [-0.3, -0.25) is 4.79 Å². The molecule has 1 amide bonds. The minimum absolute atomic E-state index is 0.106. The van der Waals surface area contributed by atoms with Crippen molar-refractivity contribution >= 4 is 23.2 Å². The smallest absolute Gasteiger partial charge is 0.281 e. The highest BCUT2D eigenvalue weighted by molar-refractivity contribution is 6.32. The number of carbonyl (C=O) groups excluding carboxylic acids is 1. The van der Waals surface area contributed by atoms with Gasteiger partial charge in [0.1, 0.15) is 17.3 Å². The summed E-state index contributed by atoms with van der Waals surface area (Å²) in [5.41, 5.74) is 2.71. The first-order valence-corrected chi connectivity index (χ1v) is 10.1. The van der Waals surface area contributed by atoms with Gasteiger partial charge in [-0.2, -0.15) is 5.10 Å². The summed E-state index contributed by atoms with van der Waals surface area (Å²) in [5, 5.41) is 6.16. The highest BCUT2D eigenvalue weighted by atomic mass is 35.5. The van der Waals surface area contributed by atoms with E-state index in [1.54, 1.807) is 7.11 Å². The van der Waals surface area contributed by atoms with E-state index in [9.17, 15) is 9.18 Å². The normalized spacial score (nSPS) is 15.5. The molecule has 1 aliphatic heterocycles. The van der Waals surface area contributed by atoms with Gasteiger partial charge in [0, 0.05) is 6.42 Å².